The SMILES string of the molecule is COC(=O)[C@@H]1CCC2c3c(c4ccccc4n3C)CCN2C1. The summed E-state index contributed by atoms with van der Waals surface area (Å²) in [6.07, 6.45) is 3.03. The zero-order valence-electron chi connectivity index (χ0n) is 13.2. The normalized spacial score (nSPS) is 24.8. The van der Waals surface area contributed by atoms with Gasteiger partial charge in [0.2, 0.25) is 0 Å². The molecule has 0 radical (unpaired) electrons. The Hall–Kier alpha value is -1.81. The van der Waals surface area contributed by atoms with Crippen LogP contribution in [0.5, 0.6) is 0 Å². The molecule has 0 amide bonds. The third kappa shape index (κ3) is 1.90. The molecule has 0 aliphatic carbocycles. The third-order valence-electron chi connectivity index (χ3n) is 5.44. The molecule has 3 heterocycles. The van der Waals surface area contributed by atoms with Gasteiger partial charge >= 0.3 is 5.97 Å². The highest BCUT2D eigenvalue weighted by atomic mass is 16.5. The topological polar surface area (TPSA) is 34.5 Å². The Labute approximate surface area is 130 Å². The molecule has 1 saturated heterocycles. The molecule has 1 fully saturated rings. The van der Waals surface area contributed by atoms with E-state index in [0.29, 0.717) is 6.04 Å². The Kier molecular flexibility index (Phi) is 3.22. The highest BCUT2D eigenvalue weighted by molar-refractivity contribution is 5.86. The van der Waals surface area contributed by atoms with Gasteiger partial charge in [-0.25, -0.2) is 0 Å². The number of hydrogen-bond acceptors (Lipinski definition) is 3. The molecule has 0 N–H and O–H groups in total. The van der Waals surface area contributed by atoms with Gasteiger partial charge in [0.15, 0.2) is 0 Å². The third-order valence-corrected chi connectivity index (χ3v) is 5.44. The van der Waals surface area contributed by atoms with Crippen molar-refractivity contribution in [1.29, 1.82) is 0 Å². The minimum absolute atomic E-state index is 0.0393. The molecular weight excluding hydrogens is 276 g/mol. The maximum Gasteiger partial charge on any atom is 0.309 e. The predicted molar refractivity (Wildman–Crippen MR) is 85.7 cm³/mol. The number of aromatic nitrogens is 1. The van der Waals surface area contributed by atoms with Crippen LogP contribution in [-0.4, -0.2) is 35.6 Å². The van der Waals surface area contributed by atoms with Crippen LogP contribution in [-0.2, 0) is 23.0 Å². The number of benzene rings is 1. The number of nitrogens with zero attached hydrogens (tertiary/aromatic N) is 2. The van der Waals surface area contributed by atoms with Gasteiger partial charge in [-0.2, -0.15) is 0 Å². The average Bonchev–Trinajstić information content (AvgIpc) is 2.87. The van der Waals surface area contributed by atoms with Crippen LogP contribution in [0.3, 0.4) is 0 Å². The number of aryl methyl sites for hydroxylation is 1. The molecule has 1 aromatic heterocycles. The van der Waals surface area contributed by atoms with Gasteiger partial charge in [-0.3, -0.25) is 9.69 Å². The zero-order valence-corrected chi connectivity index (χ0v) is 13.2. The molecule has 4 heteroatoms. The fraction of sp³-hybridized carbons (Fsp3) is 0.500. The molecule has 0 spiro atoms. The van der Waals surface area contributed by atoms with Gasteiger partial charge in [-0.1, -0.05) is 18.2 Å². The van der Waals surface area contributed by atoms with E-state index < -0.39 is 0 Å². The van der Waals surface area contributed by atoms with Gasteiger partial charge in [-0.05, 0) is 30.9 Å². The van der Waals surface area contributed by atoms with Gasteiger partial charge in [-0.15, -0.1) is 0 Å². The Bertz CT molecular complexity index is 734. The van der Waals surface area contributed by atoms with E-state index in [1.807, 2.05) is 0 Å². The largest absolute Gasteiger partial charge is 0.469 e. The number of esters is 1. The van der Waals surface area contributed by atoms with E-state index in [1.165, 1.54) is 29.3 Å². The Morgan fingerprint density at radius 2 is 2.09 bits per heavy atom. The lowest BCUT2D eigenvalue weighted by Gasteiger charge is -2.42. The summed E-state index contributed by atoms with van der Waals surface area (Å²) in [5, 5.41) is 1.40. The van der Waals surface area contributed by atoms with Gasteiger partial charge in [0.1, 0.15) is 0 Å². The van der Waals surface area contributed by atoms with Gasteiger partial charge in [0.25, 0.3) is 0 Å². The number of carbonyl (C=O) groups excluding carboxylic acids is 1. The predicted octanol–water partition coefficient (Wildman–Crippen LogP) is 2.66. The Morgan fingerprint density at radius 3 is 2.91 bits per heavy atom. The Morgan fingerprint density at radius 1 is 1.27 bits per heavy atom. The van der Waals surface area contributed by atoms with Crippen molar-refractivity contribution in [2.24, 2.45) is 13.0 Å². The monoisotopic (exact) mass is 298 g/mol. The minimum atomic E-state index is -0.0544. The van der Waals surface area contributed by atoms with Crippen molar-refractivity contribution >= 4 is 16.9 Å². The van der Waals surface area contributed by atoms with E-state index in [9.17, 15) is 4.79 Å². The van der Waals surface area contributed by atoms with E-state index in [-0.39, 0.29) is 11.9 Å². The van der Waals surface area contributed by atoms with Gasteiger partial charge in [0.05, 0.1) is 19.1 Å². The lowest BCUT2D eigenvalue weighted by atomic mass is 9.86. The number of methoxy groups -OCH3 is 1. The maximum atomic E-state index is 11.8. The smallest absolute Gasteiger partial charge is 0.309 e. The molecule has 1 unspecified atom stereocenters. The van der Waals surface area contributed by atoms with Gasteiger partial charge < -0.3 is 9.30 Å². The second-order valence-corrected chi connectivity index (χ2v) is 6.50. The molecule has 1 aromatic carbocycles. The Balaban J connectivity index is 1.73. The van der Waals surface area contributed by atoms with Gasteiger partial charge in [0, 0.05) is 36.7 Å². The molecule has 2 aliphatic heterocycles. The summed E-state index contributed by atoms with van der Waals surface area (Å²) in [5.74, 6) is -0.0150. The lowest BCUT2D eigenvalue weighted by Crippen LogP contribution is -2.45. The molecular formula is C18H22N2O2. The first-order valence-corrected chi connectivity index (χ1v) is 8.08. The van der Waals surface area contributed by atoms with Crippen LogP contribution in [0.1, 0.15) is 30.1 Å². The first-order valence-electron chi connectivity index (χ1n) is 8.08. The molecule has 2 aromatic rings. The molecule has 0 bridgehead atoms. The molecule has 22 heavy (non-hydrogen) atoms. The molecule has 116 valence electrons. The molecule has 2 aliphatic rings. The molecule has 4 rings (SSSR count). The highest BCUT2D eigenvalue weighted by Gasteiger charge is 2.38. The number of carbonyl (C=O) groups is 1. The summed E-state index contributed by atoms with van der Waals surface area (Å²) in [6, 6.07) is 9.13. The maximum absolute atomic E-state index is 11.8. The number of fused-ring (bicyclic) bond motifs is 5. The van der Waals surface area contributed by atoms with Crippen molar-refractivity contribution in [2.75, 3.05) is 20.2 Å². The number of para-hydroxylation sites is 1. The first-order chi connectivity index (χ1) is 10.7. The van der Waals surface area contributed by atoms with Crippen molar-refractivity contribution in [2.45, 2.75) is 25.3 Å². The van der Waals surface area contributed by atoms with Crippen LogP contribution >= 0.6 is 0 Å². The van der Waals surface area contributed by atoms with E-state index in [2.05, 4.69) is 40.8 Å². The van der Waals surface area contributed by atoms with Crippen LogP contribution in [0, 0.1) is 5.92 Å². The lowest BCUT2D eigenvalue weighted by molar-refractivity contribution is -0.148. The van der Waals surface area contributed by atoms with Crippen LogP contribution in [0.25, 0.3) is 10.9 Å². The molecule has 0 saturated carbocycles. The summed E-state index contributed by atoms with van der Waals surface area (Å²) < 4.78 is 7.30. The average molecular weight is 298 g/mol. The van der Waals surface area contributed by atoms with Crippen LogP contribution in [0.2, 0.25) is 0 Å². The fourth-order valence-electron chi connectivity index (χ4n) is 4.39. The number of ether oxygens (including phenoxy) is 1. The summed E-state index contributed by atoms with van der Waals surface area (Å²) in [7, 11) is 3.67. The van der Waals surface area contributed by atoms with E-state index in [4.69, 9.17) is 4.74 Å². The summed E-state index contributed by atoms with van der Waals surface area (Å²) in [6.45, 7) is 1.87. The first kappa shape index (κ1) is 13.8. The zero-order chi connectivity index (χ0) is 15.3. The highest BCUT2D eigenvalue weighted by Crippen LogP contribution is 2.42. The quantitative estimate of drug-likeness (QED) is 0.759. The van der Waals surface area contributed by atoms with Crippen molar-refractivity contribution in [3.63, 3.8) is 0 Å². The minimum Gasteiger partial charge on any atom is -0.469 e. The summed E-state index contributed by atoms with van der Waals surface area (Å²) in [5.41, 5.74) is 4.29. The van der Waals surface area contributed by atoms with E-state index >= 15 is 0 Å². The van der Waals surface area contributed by atoms with E-state index in [1.54, 1.807) is 0 Å². The molecule has 2 atom stereocenters. The second-order valence-electron chi connectivity index (χ2n) is 6.50. The van der Waals surface area contributed by atoms with Crippen molar-refractivity contribution < 1.29 is 9.53 Å². The standard InChI is InChI=1S/C18H22N2O2/c1-19-15-6-4-3-5-13(15)14-9-10-20-11-12(18(21)22-2)7-8-16(20)17(14)19/h3-6,12,16H,7-11H2,1-2H3/t12-,16?/m1/s1. The van der Waals surface area contributed by atoms with Crippen LogP contribution < -0.4 is 0 Å². The fourth-order valence-corrected chi connectivity index (χ4v) is 4.39. The summed E-state index contributed by atoms with van der Waals surface area (Å²) >= 11 is 0. The van der Waals surface area contributed by atoms with Crippen molar-refractivity contribution in [1.82, 2.24) is 9.47 Å². The van der Waals surface area contributed by atoms with Crippen molar-refractivity contribution in [3.05, 3.63) is 35.5 Å². The number of rotatable bonds is 1. The number of hydrogen-bond donors (Lipinski definition) is 0. The molecule has 4 nitrogen and oxygen atoms in total. The summed E-state index contributed by atoms with van der Waals surface area (Å²) in [4.78, 5) is 14.3. The second kappa shape index (κ2) is 5.13. The van der Waals surface area contributed by atoms with Crippen molar-refractivity contribution in [3.8, 4) is 0 Å². The number of piperidine rings is 1. The van der Waals surface area contributed by atoms with Crippen LogP contribution in [0.4, 0.5) is 0 Å². The van der Waals surface area contributed by atoms with Crippen LogP contribution in [0.15, 0.2) is 24.3 Å². The van der Waals surface area contributed by atoms with E-state index in [0.717, 1.165) is 32.4 Å².